The van der Waals surface area contributed by atoms with Gasteiger partial charge in [0.2, 0.25) is 5.88 Å². The van der Waals surface area contributed by atoms with Crippen molar-refractivity contribution in [3.63, 3.8) is 0 Å². The summed E-state index contributed by atoms with van der Waals surface area (Å²) in [6.07, 6.45) is 1.64. The molecular formula is C17H13N3O2. The number of methoxy groups -OCH3 is 1. The highest BCUT2D eigenvalue weighted by Gasteiger charge is 2.14. The minimum atomic E-state index is -0.0240. The molecule has 0 aliphatic carbocycles. The Kier molecular flexibility index (Phi) is 2.72. The lowest BCUT2D eigenvalue weighted by molar-refractivity contribution is 0.415. The Bertz CT molecular complexity index is 974. The number of nitrogens with zero attached hydrogens (tertiary/aromatic N) is 3. The zero-order chi connectivity index (χ0) is 15.1. The number of aromatic nitrogens is 3. The Morgan fingerprint density at radius 2 is 1.77 bits per heavy atom. The topological polar surface area (TPSA) is 59.7 Å². The summed E-state index contributed by atoms with van der Waals surface area (Å²) >= 11 is 0. The third-order valence-electron chi connectivity index (χ3n) is 3.69. The molecule has 4 aromatic rings. The Morgan fingerprint density at radius 3 is 2.55 bits per heavy atom. The van der Waals surface area contributed by atoms with Crippen LogP contribution in [0.3, 0.4) is 0 Å². The van der Waals surface area contributed by atoms with Gasteiger partial charge in [0.1, 0.15) is 17.1 Å². The number of ether oxygens (including phenoxy) is 1. The minimum absolute atomic E-state index is 0.0240. The van der Waals surface area contributed by atoms with Crippen molar-refractivity contribution in [1.29, 1.82) is 0 Å². The van der Waals surface area contributed by atoms with Crippen LogP contribution in [0.2, 0.25) is 0 Å². The highest BCUT2D eigenvalue weighted by atomic mass is 16.5. The molecule has 0 bridgehead atoms. The summed E-state index contributed by atoms with van der Waals surface area (Å²) in [4.78, 5) is 8.67. The normalized spacial score (nSPS) is 11.1. The van der Waals surface area contributed by atoms with Crippen LogP contribution in [-0.2, 0) is 0 Å². The number of benzene rings is 2. The summed E-state index contributed by atoms with van der Waals surface area (Å²) in [6.45, 7) is 0. The third kappa shape index (κ3) is 1.79. The Hall–Kier alpha value is -3.08. The molecule has 5 heteroatoms. The Morgan fingerprint density at radius 1 is 1.00 bits per heavy atom. The zero-order valence-corrected chi connectivity index (χ0v) is 11.9. The average Bonchev–Trinajstić information content (AvgIpc) is 2.92. The van der Waals surface area contributed by atoms with E-state index in [4.69, 9.17) is 4.74 Å². The summed E-state index contributed by atoms with van der Waals surface area (Å²) in [5, 5.41) is 10.1. The number of imidazole rings is 1. The maximum absolute atomic E-state index is 10.1. The highest BCUT2D eigenvalue weighted by Crippen LogP contribution is 2.30. The van der Waals surface area contributed by atoms with Crippen molar-refractivity contribution >= 4 is 16.6 Å². The molecule has 0 spiro atoms. The summed E-state index contributed by atoms with van der Waals surface area (Å²) in [5.74, 6) is 1.43. The van der Waals surface area contributed by atoms with E-state index in [1.807, 2.05) is 52.9 Å². The molecule has 4 rings (SSSR count). The number of hydrogen-bond acceptors (Lipinski definition) is 4. The second-order valence-electron chi connectivity index (χ2n) is 4.96. The first-order valence-electron chi connectivity index (χ1n) is 6.87. The van der Waals surface area contributed by atoms with Crippen LogP contribution in [0.15, 0.2) is 54.7 Å². The molecule has 0 saturated heterocycles. The van der Waals surface area contributed by atoms with Crippen LogP contribution in [0.5, 0.6) is 11.6 Å². The fraction of sp³-hybridized carbons (Fsp3) is 0.0588. The molecule has 108 valence electrons. The summed E-state index contributed by atoms with van der Waals surface area (Å²) < 4.78 is 7.10. The molecule has 1 N–H and O–H groups in total. The van der Waals surface area contributed by atoms with E-state index < -0.39 is 0 Å². The van der Waals surface area contributed by atoms with E-state index in [0.29, 0.717) is 11.3 Å². The van der Waals surface area contributed by atoms with Crippen LogP contribution in [0.4, 0.5) is 0 Å². The largest absolute Gasteiger partial charge is 0.497 e. The lowest BCUT2D eigenvalue weighted by Crippen LogP contribution is -1.93. The van der Waals surface area contributed by atoms with E-state index in [-0.39, 0.29) is 5.88 Å². The third-order valence-corrected chi connectivity index (χ3v) is 3.69. The van der Waals surface area contributed by atoms with Gasteiger partial charge in [0.15, 0.2) is 0 Å². The van der Waals surface area contributed by atoms with E-state index in [1.54, 1.807) is 13.3 Å². The van der Waals surface area contributed by atoms with Gasteiger partial charge in [-0.05, 0) is 36.4 Å². The van der Waals surface area contributed by atoms with Crippen molar-refractivity contribution < 1.29 is 9.84 Å². The Balaban J connectivity index is 2.06. The van der Waals surface area contributed by atoms with Gasteiger partial charge >= 0.3 is 0 Å². The molecule has 0 atom stereocenters. The average molecular weight is 291 g/mol. The van der Waals surface area contributed by atoms with Crippen LogP contribution in [0.1, 0.15) is 0 Å². The van der Waals surface area contributed by atoms with Gasteiger partial charge in [0, 0.05) is 5.56 Å². The first-order valence-corrected chi connectivity index (χ1v) is 6.87. The molecule has 0 amide bonds. The van der Waals surface area contributed by atoms with E-state index in [2.05, 4.69) is 9.97 Å². The van der Waals surface area contributed by atoms with E-state index in [0.717, 1.165) is 22.3 Å². The second kappa shape index (κ2) is 4.73. The van der Waals surface area contributed by atoms with Crippen molar-refractivity contribution in [3.8, 4) is 23.0 Å². The van der Waals surface area contributed by atoms with Gasteiger partial charge in [-0.1, -0.05) is 12.1 Å². The molecule has 2 heterocycles. The standard InChI is InChI=1S/C17H13N3O2/c1-22-12-8-6-11(7-9-12)16-19-17(21)15-10-18-13-4-2-3-5-14(13)20(15)16/h2-10,21H,1H3. The van der Waals surface area contributed by atoms with Gasteiger partial charge in [-0.15, -0.1) is 0 Å². The number of fused-ring (bicyclic) bond motifs is 3. The van der Waals surface area contributed by atoms with E-state index in [1.165, 1.54) is 0 Å². The fourth-order valence-corrected chi connectivity index (χ4v) is 2.61. The minimum Gasteiger partial charge on any atom is -0.497 e. The monoisotopic (exact) mass is 291 g/mol. The molecule has 0 aliphatic rings. The fourth-order valence-electron chi connectivity index (χ4n) is 2.61. The van der Waals surface area contributed by atoms with E-state index >= 15 is 0 Å². The van der Waals surface area contributed by atoms with Crippen LogP contribution in [0, 0.1) is 0 Å². The first kappa shape index (κ1) is 12.6. The Labute approximate surface area is 126 Å². The molecule has 22 heavy (non-hydrogen) atoms. The smallest absolute Gasteiger partial charge is 0.239 e. The molecule has 0 saturated carbocycles. The molecule has 5 nitrogen and oxygen atoms in total. The van der Waals surface area contributed by atoms with Gasteiger partial charge in [0.25, 0.3) is 0 Å². The van der Waals surface area contributed by atoms with Crippen LogP contribution >= 0.6 is 0 Å². The predicted molar refractivity (Wildman–Crippen MR) is 84.1 cm³/mol. The van der Waals surface area contributed by atoms with Crippen molar-refractivity contribution in [1.82, 2.24) is 14.4 Å². The number of rotatable bonds is 2. The molecule has 0 aliphatic heterocycles. The van der Waals surface area contributed by atoms with E-state index in [9.17, 15) is 5.11 Å². The van der Waals surface area contributed by atoms with Gasteiger partial charge < -0.3 is 9.84 Å². The van der Waals surface area contributed by atoms with Gasteiger partial charge in [-0.3, -0.25) is 9.38 Å². The van der Waals surface area contributed by atoms with Gasteiger partial charge in [-0.25, -0.2) is 0 Å². The van der Waals surface area contributed by atoms with Crippen LogP contribution in [-0.4, -0.2) is 26.6 Å². The first-order chi connectivity index (χ1) is 10.8. The summed E-state index contributed by atoms with van der Waals surface area (Å²) in [7, 11) is 1.63. The van der Waals surface area contributed by atoms with Gasteiger partial charge in [0.05, 0.1) is 24.3 Å². The molecule has 0 radical (unpaired) electrons. The number of aromatic hydroxyl groups is 1. The van der Waals surface area contributed by atoms with Gasteiger partial charge in [-0.2, -0.15) is 4.98 Å². The summed E-state index contributed by atoms with van der Waals surface area (Å²) in [5.41, 5.74) is 3.23. The maximum Gasteiger partial charge on any atom is 0.239 e. The highest BCUT2D eigenvalue weighted by molar-refractivity contribution is 5.83. The number of para-hydroxylation sites is 2. The molecule has 0 fully saturated rings. The van der Waals surface area contributed by atoms with Crippen molar-refractivity contribution in [3.05, 3.63) is 54.7 Å². The van der Waals surface area contributed by atoms with Crippen molar-refractivity contribution in [2.24, 2.45) is 0 Å². The maximum atomic E-state index is 10.1. The molecule has 0 unspecified atom stereocenters. The summed E-state index contributed by atoms with van der Waals surface area (Å²) in [6, 6.07) is 15.4. The molecular weight excluding hydrogens is 278 g/mol. The molecule has 2 aromatic heterocycles. The second-order valence-corrected chi connectivity index (χ2v) is 4.96. The van der Waals surface area contributed by atoms with Crippen LogP contribution < -0.4 is 4.74 Å². The van der Waals surface area contributed by atoms with Crippen molar-refractivity contribution in [2.75, 3.05) is 7.11 Å². The lowest BCUT2D eigenvalue weighted by atomic mass is 10.2. The zero-order valence-electron chi connectivity index (χ0n) is 11.9. The van der Waals surface area contributed by atoms with Crippen LogP contribution in [0.25, 0.3) is 27.9 Å². The predicted octanol–water partition coefficient (Wildman–Crippen LogP) is 3.26. The number of hydrogen-bond donors (Lipinski definition) is 1. The SMILES string of the molecule is COc1ccc(-c2nc(O)c3cnc4ccccc4n23)cc1. The van der Waals surface area contributed by atoms with Crippen molar-refractivity contribution in [2.45, 2.75) is 0 Å². The molecule has 2 aromatic carbocycles. The quantitative estimate of drug-likeness (QED) is 0.616. The lowest BCUT2D eigenvalue weighted by Gasteiger charge is -2.06.